The first-order valence-corrected chi connectivity index (χ1v) is 6.01. The minimum Gasteiger partial charge on any atom is -0.370 e. The van der Waals surface area contributed by atoms with Crippen LogP contribution in [0.15, 0.2) is 0 Å². The molecule has 0 rings (SSSR count). The van der Waals surface area contributed by atoms with Crippen molar-refractivity contribution in [1.29, 1.82) is 0 Å². The third-order valence-corrected chi connectivity index (χ3v) is 2.51. The molecule has 0 saturated heterocycles. The van der Waals surface area contributed by atoms with Gasteiger partial charge in [0.15, 0.2) is 0 Å². The Hall–Kier alpha value is -1.63. The molecule has 7 nitrogen and oxygen atoms in total. The molecule has 104 valence electrons. The summed E-state index contributed by atoms with van der Waals surface area (Å²) >= 11 is 0. The fourth-order valence-electron chi connectivity index (χ4n) is 1.47. The Kier molecular flexibility index (Phi) is 7.69. The van der Waals surface area contributed by atoms with Crippen molar-refractivity contribution >= 4 is 17.7 Å². The number of hydrogen-bond acceptors (Lipinski definition) is 4. The van der Waals surface area contributed by atoms with Gasteiger partial charge in [0, 0.05) is 26.1 Å². The first-order chi connectivity index (χ1) is 8.42. The lowest BCUT2D eigenvalue weighted by Crippen LogP contribution is -2.44. The number of nitrogens with one attached hydrogen (secondary N) is 1. The molecule has 0 saturated carbocycles. The summed E-state index contributed by atoms with van der Waals surface area (Å²) in [6.07, 6.45) is 0.0204. The van der Waals surface area contributed by atoms with E-state index in [0.717, 1.165) is 0 Å². The van der Waals surface area contributed by atoms with Crippen molar-refractivity contribution in [2.45, 2.75) is 32.7 Å². The van der Waals surface area contributed by atoms with Gasteiger partial charge in [-0.15, -0.1) is 0 Å². The second kappa shape index (κ2) is 8.46. The summed E-state index contributed by atoms with van der Waals surface area (Å²) in [6.45, 7) is 5.28. The topological polar surface area (TPSA) is 119 Å². The van der Waals surface area contributed by atoms with Crippen LogP contribution in [0.1, 0.15) is 26.7 Å². The molecule has 5 N–H and O–H groups in total. The van der Waals surface area contributed by atoms with Crippen LogP contribution in [0.25, 0.3) is 0 Å². The zero-order valence-electron chi connectivity index (χ0n) is 10.9. The van der Waals surface area contributed by atoms with Crippen molar-refractivity contribution in [3.8, 4) is 0 Å². The highest BCUT2D eigenvalue weighted by atomic mass is 16.2. The average Bonchev–Trinajstić information content (AvgIpc) is 2.29. The Morgan fingerprint density at radius 3 is 2.22 bits per heavy atom. The van der Waals surface area contributed by atoms with Gasteiger partial charge in [0.25, 0.3) is 0 Å². The van der Waals surface area contributed by atoms with Gasteiger partial charge in [-0.1, -0.05) is 0 Å². The second-order valence-corrected chi connectivity index (χ2v) is 3.88. The van der Waals surface area contributed by atoms with Crippen LogP contribution in [0.2, 0.25) is 0 Å². The van der Waals surface area contributed by atoms with E-state index in [2.05, 4.69) is 5.32 Å². The molecule has 3 amide bonds. The summed E-state index contributed by atoms with van der Waals surface area (Å²) in [4.78, 5) is 35.2. The molecule has 18 heavy (non-hydrogen) atoms. The van der Waals surface area contributed by atoms with Gasteiger partial charge >= 0.3 is 0 Å². The fourth-order valence-corrected chi connectivity index (χ4v) is 1.47. The minimum atomic E-state index is -0.953. The van der Waals surface area contributed by atoms with Crippen LogP contribution in [0, 0.1) is 0 Å². The molecular formula is C11H22N4O3. The fraction of sp³-hybridized carbons (Fsp3) is 0.727. The van der Waals surface area contributed by atoms with Crippen LogP contribution in [0.5, 0.6) is 0 Å². The molecule has 1 atom stereocenters. The third-order valence-electron chi connectivity index (χ3n) is 2.51. The largest absolute Gasteiger partial charge is 0.370 e. The average molecular weight is 258 g/mol. The van der Waals surface area contributed by atoms with E-state index in [9.17, 15) is 14.4 Å². The normalized spacial score (nSPS) is 11.7. The van der Waals surface area contributed by atoms with Gasteiger partial charge in [-0.05, 0) is 13.8 Å². The van der Waals surface area contributed by atoms with Crippen molar-refractivity contribution in [1.82, 2.24) is 10.2 Å². The molecule has 7 heteroatoms. The summed E-state index contributed by atoms with van der Waals surface area (Å²) in [5.74, 6) is -1.12. The van der Waals surface area contributed by atoms with Gasteiger partial charge in [0.1, 0.15) is 0 Å². The monoisotopic (exact) mass is 258 g/mol. The highest BCUT2D eigenvalue weighted by molar-refractivity contribution is 5.87. The van der Waals surface area contributed by atoms with Crippen molar-refractivity contribution in [2.75, 3.05) is 19.6 Å². The molecule has 1 unspecified atom stereocenters. The van der Waals surface area contributed by atoms with E-state index in [1.165, 1.54) is 0 Å². The highest BCUT2D eigenvalue weighted by Crippen LogP contribution is 1.93. The van der Waals surface area contributed by atoms with Gasteiger partial charge < -0.3 is 21.7 Å². The van der Waals surface area contributed by atoms with Gasteiger partial charge in [-0.3, -0.25) is 14.4 Å². The molecule has 0 aromatic carbocycles. The Morgan fingerprint density at radius 2 is 1.78 bits per heavy atom. The Labute approximate surface area is 107 Å². The van der Waals surface area contributed by atoms with Gasteiger partial charge in [0.2, 0.25) is 17.7 Å². The summed E-state index contributed by atoms with van der Waals surface area (Å²) in [7, 11) is 0. The first-order valence-electron chi connectivity index (χ1n) is 6.01. The highest BCUT2D eigenvalue weighted by Gasteiger charge is 2.16. The molecular weight excluding hydrogens is 236 g/mol. The smallest absolute Gasteiger partial charge is 0.237 e. The van der Waals surface area contributed by atoms with Crippen molar-refractivity contribution < 1.29 is 14.4 Å². The predicted octanol–water partition coefficient (Wildman–Crippen LogP) is -1.44. The van der Waals surface area contributed by atoms with Crippen molar-refractivity contribution in [3.63, 3.8) is 0 Å². The molecule has 0 spiro atoms. The number of primary amides is 1. The lowest BCUT2D eigenvalue weighted by molar-refractivity contribution is -0.131. The van der Waals surface area contributed by atoms with Gasteiger partial charge in [-0.2, -0.15) is 0 Å². The van der Waals surface area contributed by atoms with E-state index in [0.29, 0.717) is 13.1 Å². The molecule has 0 aromatic rings. The van der Waals surface area contributed by atoms with Gasteiger partial charge in [-0.25, -0.2) is 0 Å². The van der Waals surface area contributed by atoms with Gasteiger partial charge in [0.05, 0.1) is 12.5 Å². The van der Waals surface area contributed by atoms with Crippen LogP contribution >= 0.6 is 0 Å². The van der Waals surface area contributed by atoms with E-state index >= 15 is 0 Å². The van der Waals surface area contributed by atoms with E-state index in [-0.39, 0.29) is 25.3 Å². The maximum absolute atomic E-state index is 11.6. The summed E-state index contributed by atoms with van der Waals surface area (Å²) < 4.78 is 0. The number of nitrogens with zero attached hydrogens (tertiary/aromatic N) is 1. The van der Waals surface area contributed by atoms with Crippen LogP contribution in [-0.4, -0.2) is 48.3 Å². The minimum absolute atomic E-state index is 0.0243. The number of carbonyl (C=O) groups excluding carboxylic acids is 3. The zero-order valence-corrected chi connectivity index (χ0v) is 10.9. The maximum Gasteiger partial charge on any atom is 0.237 e. The van der Waals surface area contributed by atoms with E-state index in [4.69, 9.17) is 11.5 Å². The van der Waals surface area contributed by atoms with E-state index in [1.54, 1.807) is 4.90 Å². The molecule has 0 aliphatic heterocycles. The Morgan fingerprint density at radius 1 is 1.22 bits per heavy atom. The number of carbonyl (C=O) groups is 3. The summed E-state index contributed by atoms with van der Waals surface area (Å²) in [5.41, 5.74) is 10.4. The molecule has 0 fully saturated rings. The third kappa shape index (κ3) is 6.19. The SMILES string of the molecule is CCN(CC)C(=O)CCNC(=O)C(N)CC(N)=O. The van der Waals surface area contributed by atoms with Crippen molar-refractivity contribution in [3.05, 3.63) is 0 Å². The maximum atomic E-state index is 11.6. The lowest BCUT2D eigenvalue weighted by Gasteiger charge is -2.18. The quantitative estimate of drug-likeness (QED) is 0.494. The first kappa shape index (κ1) is 16.4. The summed E-state index contributed by atoms with van der Waals surface area (Å²) in [6, 6.07) is -0.953. The molecule has 0 radical (unpaired) electrons. The molecule has 0 aliphatic carbocycles. The number of amides is 3. The molecule has 0 bridgehead atoms. The second-order valence-electron chi connectivity index (χ2n) is 3.88. The van der Waals surface area contributed by atoms with Crippen LogP contribution in [-0.2, 0) is 14.4 Å². The zero-order chi connectivity index (χ0) is 14.1. The van der Waals surface area contributed by atoms with Crippen LogP contribution in [0.4, 0.5) is 0 Å². The number of hydrogen-bond donors (Lipinski definition) is 3. The van der Waals surface area contributed by atoms with Crippen molar-refractivity contribution in [2.24, 2.45) is 11.5 Å². The van der Waals surface area contributed by atoms with Crippen LogP contribution in [0.3, 0.4) is 0 Å². The Balaban J connectivity index is 3.93. The summed E-state index contributed by atoms with van der Waals surface area (Å²) in [5, 5.41) is 2.50. The molecule has 0 aliphatic rings. The lowest BCUT2D eigenvalue weighted by atomic mass is 10.2. The Bertz CT molecular complexity index is 303. The van der Waals surface area contributed by atoms with E-state index < -0.39 is 17.9 Å². The molecule has 0 aromatic heterocycles. The predicted molar refractivity (Wildman–Crippen MR) is 67.3 cm³/mol. The number of rotatable bonds is 8. The van der Waals surface area contributed by atoms with Crippen LogP contribution < -0.4 is 16.8 Å². The molecule has 0 heterocycles. The van der Waals surface area contributed by atoms with E-state index in [1.807, 2.05) is 13.8 Å². The standard InChI is InChI=1S/C11H22N4O3/c1-3-15(4-2)10(17)5-6-14-11(18)8(12)7-9(13)16/h8H,3-7,12H2,1-2H3,(H2,13,16)(H,14,18). The number of nitrogens with two attached hydrogens (primary N) is 2.